The number of carbonyl (C=O) groups excluding carboxylic acids is 1. The van der Waals surface area contributed by atoms with Crippen LogP contribution in [0.1, 0.15) is 89.8 Å². The molecule has 0 spiro atoms. The van der Waals surface area contributed by atoms with Crippen molar-refractivity contribution in [1.29, 1.82) is 0 Å². The highest BCUT2D eigenvalue weighted by atomic mass is 16.2. The van der Waals surface area contributed by atoms with Crippen molar-refractivity contribution in [2.75, 3.05) is 36.4 Å². The maximum atomic E-state index is 14.1. The first kappa shape index (κ1) is 33.5. The van der Waals surface area contributed by atoms with Gasteiger partial charge in [-0.3, -0.25) is 14.6 Å². The van der Waals surface area contributed by atoms with Crippen LogP contribution in [0.3, 0.4) is 0 Å². The zero-order valence-electron chi connectivity index (χ0n) is 27.8. The van der Waals surface area contributed by atoms with Crippen LogP contribution >= 0.6 is 0 Å². The Morgan fingerprint density at radius 3 is 2.29 bits per heavy atom. The van der Waals surface area contributed by atoms with Gasteiger partial charge in [-0.2, -0.15) is 0 Å². The average molecular weight is 606 g/mol. The van der Waals surface area contributed by atoms with Crippen LogP contribution in [0.5, 0.6) is 0 Å². The second kappa shape index (κ2) is 15.5. The van der Waals surface area contributed by atoms with E-state index in [4.69, 9.17) is 0 Å². The number of pyridine rings is 2. The summed E-state index contributed by atoms with van der Waals surface area (Å²) < 4.78 is 0. The predicted molar refractivity (Wildman–Crippen MR) is 188 cm³/mol. The number of nitrogens with one attached hydrogen (secondary N) is 2. The topological polar surface area (TPSA) is 81.3 Å². The molecule has 45 heavy (non-hydrogen) atoms. The van der Waals surface area contributed by atoms with Gasteiger partial charge in [0.1, 0.15) is 11.3 Å². The zero-order chi connectivity index (χ0) is 32.5. The molecular formula is C38H47N5O2. The number of benzene rings is 2. The molecule has 0 aliphatic heterocycles. The standard InChI is InChI=1S/C38H47N5O2/c1-8-11-21-43(34-25-30-18-13-19-39-36(30)41-37(34)44)38(45)40-35-32(26(4)5)23-31(24-33(35)27(6)7)29-17-12-15-28(22-29)16-14-20-42(9-2)10-3/h12-13,15,17-19,22-27H,8-11,20-21H2,1-7H3,(H,40,45)(H,39,41,44). The van der Waals surface area contributed by atoms with Gasteiger partial charge in [-0.25, -0.2) is 9.78 Å². The summed E-state index contributed by atoms with van der Waals surface area (Å²) in [7, 11) is 0. The average Bonchev–Trinajstić information content (AvgIpc) is 3.03. The highest BCUT2D eigenvalue weighted by Gasteiger charge is 2.24. The van der Waals surface area contributed by atoms with E-state index < -0.39 is 0 Å². The lowest BCUT2D eigenvalue weighted by Crippen LogP contribution is -2.39. The van der Waals surface area contributed by atoms with Gasteiger partial charge in [0.15, 0.2) is 0 Å². The molecule has 4 aromatic rings. The number of unbranched alkanes of at least 4 members (excludes halogenated alkanes) is 1. The van der Waals surface area contributed by atoms with Crippen LogP contribution in [0, 0.1) is 11.8 Å². The SMILES string of the molecule is CCCCN(C(=O)Nc1c(C(C)C)cc(-c2cccc(C#CCN(CC)CC)c2)cc1C(C)C)c1cc2cccnc2[nH]c1=O. The summed E-state index contributed by atoms with van der Waals surface area (Å²) in [6, 6.07) is 17.9. The number of anilines is 2. The van der Waals surface area contributed by atoms with E-state index in [1.165, 1.54) is 0 Å². The van der Waals surface area contributed by atoms with Crippen LogP contribution in [0.15, 0.2) is 65.6 Å². The van der Waals surface area contributed by atoms with E-state index in [0.29, 0.717) is 17.9 Å². The minimum atomic E-state index is -0.337. The van der Waals surface area contributed by atoms with Crippen LogP contribution < -0.4 is 15.8 Å². The number of nitrogens with zero attached hydrogens (tertiary/aromatic N) is 3. The molecule has 0 aliphatic carbocycles. The minimum Gasteiger partial charge on any atom is -0.307 e. The van der Waals surface area contributed by atoms with Crippen molar-refractivity contribution >= 4 is 28.4 Å². The number of aromatic amines is 1. The first-order chi connectivity index (χ1) is 21.7. The summed E-state index contributed by atoms with van der Waals surface area (Å²) in [4.78, 5) is 38.2. The molecule has 0 fully saturated rings. The largest absolute Gasteiger partial charge is 0.326 e. The molecule has 7 heteroatoms. The number of aromatic nitrogens is 2. The molecule has 2 amide bonds. The van der Waals surface area contributed by atoms with Gasteiger partial charge in [0.25, 0.3) is 5.56 Å². The van der Waals surface area contributed by atoms with Crippen LogP contribution in [0.4, 0.5) is 16.2 Å². The first-order valence-electron chi connectivity index (χ1n) is 16.2. The molecule has 0 atom stereocenters. The highest BCUT2D eigenvalue weighted by molar-refractivity contribution is 6.03. The van der Waals surface area contributed by atoms with E-state index in [0.717, 1.165) is 71.4 Å². The lowest BCUT2D eigenvalue weighted by atomic mass is 9.88. The lowest BCUT2D eigenvalue weighted by molar-refractivity contribution is 0.256. The van der Waals surface area contributed by atoms with Crippen molar-refractivity contribution in [2.24, 2.45) is 0 Å². The molecule has 0 saturated heterocycles. The summed E-state index contributed by atoms with van der Waals surface area (Å²) >= 11 is 0. The molecule has 236 valence electrons. The Morgan fingerprint density at radius 1 is 0.933 bits per heavy atom. The van der Waals surface area contributed by atoms with E-state index in [9.17, 15) is 9.59 Å². The van der Waals surface area contributed by atoms with Crippen molar-refractivity contribution in [2.45, 2.75) is 73.1 Å². The molecule has 0 unspecified atom stereocenters. The van der Waals surface area contributed by atoms with E-state index in [1.807, 2.05) is 12.1 Å². The molecule has 0 aliphatic rings. The monoisotopic (exact) mass is 605 g/mol. The highest BCUT2D eigenvalue weighted by Crippen LogP contribution is 2.37. The molecule has 0 bridgehead atoms. The summed E-state index contributed by atoms with van der Waals surface area (Å²) in [6.45, 7) is 18.1. The number of H-pyrrole nitrogens is 1. The van der Waals surface area contributed by atoms with Gasteiger partial charge in [0.2, 0.25) is 0 Å². The minimum absolute atomic E-state index is 0.147. The Hall–Kier alpha value is -4.41. The smallest absolute Gasteiger partial charge is 0.307 e. The summed E-state index contributed by atoms with van der Waals surface area (Å²) in [6.07, 6.45) is 3.29. The molecule has 2 aromatic heterocycles. The molecule has 4 rings (SSSR count). The fraction of sp³-hybridized carbons (Fsp3) is 0.395. The Labute approximate surface area is 268 Å². The van der Waals surface area contributed by atoms with Gasteiger partial charge in [-0.15, -0.1) is 0 Å². The van der Waals surface area contributed by atoms with Crippen molar-refractivity contribution in [3.63, 3.8) is 0 Å². The third-order valence-corrected chi connectivity index (χ3v) is 8.17. The van der Waals surface area contributed by atoms with E-state index >= 15 is 0 Å². The molecular weight excluding hydrogens is 558 g/mol. The maximum absolute atomic E-state index is 14.1. The van der Waals surface area contributed by atoms with Gasteiger partial charge >= 0.3 is 6.03 Å². The predicted octanol–water partition coefficient (Wildman–Crippen LogP) is 8.37. The fourth-order valence-electron chi connectivity index (χ4n) is 5.43. The third kappa shape index (κ3) is 8.20. The zero-order valence-corrected chi connectivity index (χ0v) is 27.8. The second-order valence-electron chi connectivity index (χ2n) is 12.0. The van der Waals surface area contributed by atoms with Gasteiger partial charge in [-0.1, -0.05) is 78.9 Å². The van der Waals surface area contributed by atoms with Crippen LogP contribution in [-0.2, 0) is 0 Å². The van der Waals surface area contributed by atoms with Crippen molar-refractivity contribution in [3.05, 3.63) is 87.8 Å². The number of urea groups is 1. The Bertz CT molecular complexity index is 1710. The van der Waals surface area contributed by atoms with Crippen LogP contribution in [0.25, 0.3) is 22.2 Å². The first-order valence-corrected chi connectivity index (χ1v) is 16.2. The number of fused-ring (bicyclic) bond motifs is 1. The summed E-state index contributed by atoms with van der Waals surface area (Å²) in [5, 5.41) is 4.03. The molecule has 2 heterocycles. The number of hydrogen-bond acceptors (Lipinski definition) is 4. The van der Waals surface area contributed by atoms with Gasteiger partial charge in [0, 0.05) is 29.4 Å². The van der Waals surface area contributed by atoms with E-state index in [2.05, 4.69) is 117 Å². The molecule has 0 radical (unpaired) electrons. The van der Waals surface area contributed by atoms with Crippen molar-refractivity contribution < 1.29 is 4.79 Å². The van der Waals surface area contributed by atoms with Crippen molar-refractivity contribution in [3.8, 4) is 23.0 Å². The van der Waals surface area contributed by atoms with E-state index in [1.54, 1.807) is 17.2 Å². The molecule has 2 aromatic carbocycles. The quantitative estimate of drug-likeness (QED) is 0.168. The lowest BCUT2D eigenvalue weighted by Gasteiger charge is -2.27. The summed E-state index contributed by atoms with van der Waals surface area (Å²) in [5.74, 6) is 6.96. The maximum Gasteiger partial charge on any atom is 0.326 e. The number of hydrogen-bond donors (Lipinski definition) is 2. The van der Waals surface area contributed by atoms with E-state index in [-0.39, 0.29) is 23.4 Å². The third-order valence-electron chi connectivity index (χ3n) is 8.17. The Balaban J connectivity index is 1.73. The molecule has 2 N–H and O–H groups in total. The van der Waals surface area contributed by atoms with Crippen LogP contribution in [0.2, 0.25) is 0 Å². The number of rotatable bonds is 11. The van der Waals surface area contributed by atoms with Gasteiger partial charge in [-0.05, 0) is 96.1 Å². The molecule has 0 saturated carbocycles. The molecule has 7 nitrogen and oxygen atoms in total. The van der Waals surface area contributed by atoms with Gasteiger partial charge in [0.05, 0.1) is 6.54 Å². The normalized spacial score (nSPS) is 11.2. The Kier molecular flexibility index (Phi) is 11.6. The second-order valence-corrected chi connectivity index (χ2v) is 12.0. The fourth-order valence-corrected chi connectivity index (χ4v) is 5.43. The Morgan fingerprint density at radius 2 is 1.64 bits per heavy atom. The summed E-state index contributed by atoms with van der Waals surface area (Å²) in [5.41, 5.74) is 6.55. The number of carbonyl (C=O) groups is 1. The van der Waals surface area contributed by atoms with Gasteiger partial charge < -0.3 is 10.3 Å². The van der Waals surface area contributed by atoms with Crippen LogP contribution in [-0.4, -0.2) is 47.1 Å². The number of amides is 2. The van der Waals surface area contributed by atoms with Crippen molar-refractivity contribution in [1.82, 2.24) is 14.9 Å².